The van der Waals surface area contributed by atoms with Crippen molar-refractivity contribution in [2.75, 3.05) is 0 Å². The third-order valence-corrected chi connectivity index (χ3v) is 20.8. The van der Waals surface area contributed by atoms with Gasteiger partial charge in [-0.05, 0) is 48.5 Å². The Morgan fingerprint density at radius 3 is 0.653 bits per heavy atom. The summed E-state index contributed by atoms with van der Waals surface area (Å²) in [5.74, 6) is 4.65. The summed E-state index contributed by atoms with van der Waals surface area (Å²) >= 11 is 0. The van der Waals surface area contributed by atoms with Crippen LogP contribution in [0.25, 0.3) is 203 Å². The van der Waals surface area contributed by atoms with E-state index in [1.807, 2.05) is 325 Å². The smallest absolute Gasteiger partial charge is 0.308 e. The second-order valence-electron chi connectivity index (χ2n) is 28.1. The van der Waals surface area contributed by atoms with E-state index in [-0.39, 0.29) is 33.6 Å². The van der Waals surface area contributed by atoms with Crippen LogP contribution >= 0.6 is 0 Å². The van der Waals surface area contributed by atoms with E-state index < -0.39 is 11.7 Å². The van der Waals surface area contributed by atoms with Crippen LogP contribution in [-0.2, 0) is 6.18 Å². The molecule has 6 aromatic heterocycles. The van der Waals surface area contributed by atoms with Gasteiger partial charge in [0.25, 0.3) is 0 Å². The SMILES string of the molecule is N#Cc1cc(-n2c3cc(-c4nc(-c5ccccc5)nc(-c5ccccc5)n4)ccc3c3ccc(-c4nc(-c5ccccc5)nc(-c5ccccc5)n4)cc32)c(-c2ccc(C(F)(F)F)cc2C#N)c(-n2c3cc(-c4nc(-c5ccccc5)nc(-c5ccccc5)n4)ccc3c3ccc(-c4nc(-c5ccccc5)nc(-c5ccccc5)n4)cc32)c1. The van der Waals surface area contributed by atoms with Crippen LogP contribution in [0.3, 0.4) is 0 Å². The minimum absolute atomic E-state index is 0.0968. The summed E-state index contributed by atoms with van der Waals surface area (Å²) < 4.78 is 50.5. The number of rotatable bonds is 15. The third-order valence-electron chi connectivity index (χ3n) is 20.8. The van der Waals surface area contributed by atoms with Crippen molar-refractivity contribution < 1.29 is 13.2 Å². The van der Waals surface area contributed by atoms with Crippen LogP contribution in [0.5, 0.6) is 0 Å². The Morgan fingerprint density at radius 1 is 0.229 bits per heavy atom. The van der Waals surface area contributed by atoms with Gasteiger partial charge in [-0.3, -0.25) is 0 Å². The van der Waals surface area contributed by atoms with E-state index in [1.54, 1.807) is 12.1 Å². The number of halogens is 3. The molecule has 118 heavy (non-hydrogen) atoms. The lowest BCUT2D eigenvalue weighted by Gasteiger charge is -2.22. The fourth-order valence-corrected chi connectivity index (χ4v) is 15.2. The predicted molar refractivity (Wildman–Crippen MR) is 454 cm³/mol. The van der Waals surface area contributed by atoms with E-state index in [2.05, 4.69) is 12.1 Å². The van der Waals surface area contributed by atoms with Gasteiger partial charge in [-0.2, -0.15) is 23.7 Å². The van der Waals surface area contributed by atoms with Gasteiger partial charge in [-0.1, -0.05) is 297 Å². The van der Waals surface area contributed by atoms with Gasteiger partial charge in [0.1, 0.15) is 0 Å². The molecule has 14 aromatic carbocycles. The van der Waals surface area contributed by atoms with Crippen LogP contribution in [0.1, 0.15) is 16.7 Å². The third kappa shape index (κ3) is 13.2. The highest BCUT2D eigenvalue weighted by Crippen LogP contribution is 2.48. The first kappa shape index (κ1) is 70.6. The van der Waals surface area contributed by atoms with Crippen molar-refractivity contribution in [3.63, 3.8) is 0 Å². The van der Waals surface area contributed by atoms with E-state index >= 15 is 13.2 Å². The van der Waals surface area contributed by atoms with Crippen molar-refractivity contribution in [1.82, 2.24) is 68.9 Å². The molecule has 0 spiro atoms. The number of nitriles is 2. The molecule has 0 saturated carbocycles. The Bertz CT molecular complexity index is 6420. The molecule has 20 rings (SSSR count). The largest absolute Gasteiger partial charge is 0.416 e. The van der Waals surface area contributed by atoms with E-state index in [9.17, 15) is 10.5 Å². The molecule has 0 amide bonds. The second-order valence-corrected chi connectivity index (χ2v) is 28.1. The first-order valence-corrected chi connectivity index (χ1v) is 37.9. The lowest BCUT2D eigenvalue weighted by atomic mass is 9.93. The maximum Gasteiger partial charge on any atom is 0.416 e. The molecule has 6 heterocycles. The molecular formula is C99H57F3N16. The molecule has 0 unspecified atom stereocenters. The Balaban J connectivity index is 0.922. The number of fused-ring (bicyclic) bond motifs is 6. The van der Waals surface area contributed by atoms with Crippen molar-refractivity contribution in [3.05, 3.63) is 362 Å². The minimum atomic E-state index is -4.88. The Morgan fingerprint density at radius 2 is 0.449 bits per heavy atom. The van der Waals surface area contributed by atoms with Gasteiger partial charge in [0.2, 0.25) is 0 Å². The zero-order chi connectivity index (χ0) is 79.4. The molecule has 0 N–H and O–H groups in total. The van der Waals surface area contributed by atoms with Gasteiger partial charge >= 0.3 is 6.18 Å². The van der Waals surface area contributed by atoms with Crippen LogP contribution in [0.15, 0.2) is 346 Å². The molecule has 19 heteroatoms. The summed E-state index contributed by atoms with van der Waals surface area (Å²) in [5, 5.41) is 26.6. The highest BCUT2D eigenvalue weighted by Gasteiger charge is 2.34. The monoisotopic (exact) mass is 1530 g/mol. The summed E-state index contributed by atoms with van der Waals surface area (Å²) in [6.45, 7) is 0. The first-order valence-electron chi connectivity index (χ1n) is 37.9. The molecule has 0 radical (unpaired) electrons. The molecule has 16 nitrogen and oxygen atoms in total. The minimum Gasteiger partial charge on any atom is -0.308 e. The van der Waals surface area contributed by atoms with Crippen LogP contribution < -0.4 is 0 Å². The van der Waals surface area contributed by atoms with Gasteiger partial charge in [-0.15, -0.1) is 0 Å². The molecule has 0 atom stereocenters. The number of aromatic nitrogens is 14. The molecule has 20 aromatic rings. The van der Waals surface area contributed by atoms with Gasteiger partial charge in [0.15, 0.2) is 69.9 Å². The Labute approximate surface area is 672 Å². The predicted octanol–water partition coefficient (Wildman–Crippen LogP) is 23.1. The van der Waals surface area contributed by atoms with E-state index in [0.29, 0.717) is 114 Å². The number of nitrogens with zero attached hydrogens (tertiary/aromatic N) is 16. The van der Waals surface area contributed by atoms with Crippen LogP contribution in [-0.4, -0.2) is 68.9 Å². The number of alkyl halides is 3. The lowest BCUT2D eigenvalue weighted by molar-refractivity contribution is -0.137. The van der Waals surface area contributed by atoms with Gasteiger partial charge < -0.3 is 9.13 Å². The molecule has 554 valence electrons. The fourth-order valence-electron chi connectivity index (χ4n) is 15.2. The molecule has 0 saturated heterocycles. The van der Waals surface area contributed by atoms with Gasteiger partial charge in [-0.25, -0.2) is 59.8 Å². The van der Waals surface area contributed by atoms with Crippen molar-refractivity contribution in [2.24, 2.45) is 0 Å². The maximum atomic E-state index is 15.5. The summed E-state index contributed by atoms with van der Waals surface area (Å²) in [6.07, 6.45) is -4.88. The van der Waals surface area contributed by atoms with Crippen LogP contribution in [0.2, 0.25) is 0 Å². The highest BCUT2D eigenvalue weighted by atomic mass is 19.4. The maximum absolute atomic E-state index is 15.5. The van der Waals surface area contributed by atoms with Gasteiger partial charge in [0.05, 0.1) is 62.3 Å². The zero-order valence-corrected chi connectivity index (χ0v) is 62.2. The average Bonchev–Trinajstić information content (AvgIpc) is 1.49. The number of hydrogen-bond donors (Lipinski definition) is 0. The van der Waals surface area contributed by atoms with Crippen molar-refractivity contribution in [3.8, 4) is 171 Å². The highest BCUT2D eigenvalue weighted by molar-refractivity contribution is 6.14. The molecule has 0 fully saturated rings. The Kier molecular flexibility index (Phi) is 17.7. The standard InChI is InChI=1S/C99H57F3N16/c100-99(101,102)74-45-50-75(73(53-74)59-104)86-84(117-80-54-69(95-109-87(61-25-9-1-10-26-61)105-88(110-95)62-27-11-2-12-28-62)41-46-76(80)77-47-42-70(55-81(77)117)96-111-89(63-29-13-3-14-30-63)106-90(112-96)64-31-15-4-16-32-64)51-60(58-103)52-85(86)118-82-56-71(97-113-91(65-33-17-5-18-34-65)107-92(114-97)66-35-19-6-20-36-66)43-48-78(82)79-49-44-72(57-83(79)118)98-115-93(67-37-21-7-22-38-67)108-94(116-98)68-39-23-8-24-40-68/h1-57H. The quantitative estimate of drug-likeness (QED) is 0.0934. The fraction of sp³-hybridized carbons (Fsp3) is 0.0101. The van der Waals surface area contributed by atoms with Gasteiger partial charge in [0, 0.05) is 99.4 Å². The lowest BCUT2D eigenvalue weighted by Crippen LogP contribution is -2.08. The topological polar surface area (TPSA) is 212 Å². The molecule has 0 aliphatic heterocycles. The second kappa shape index (κ2) is 29.5. The van der Waals surface area contributed by atoms with Crippen LogP contribution in [0, 0.1) is 22.7 Å². The van der Waals surface area contributed by atoms with E-state index in [1.165, 1.54) is 6.07 Å². The zero-order valence-electron chi connectivity index (χ0n) is 62.2. The summed E-state index contributed by atoms with van der Waals surface area (Å²) in [7, 11) is 0. The molecule has 0 bridgehead atoms. The summed E-state index contributed by atoms with van der Waals surface area (Å²) in [5.41, 5.74) is 10.1. The Hall–Kier alpha value is -16.5. The molecule has 0 aliphatic carbocycles. The van der Waals surface area contributed by atoms with Crippen molar-refractivity contribution >= 4 is 43.6 Å². The number of benzene rings is 14. The van der Waals surface area contributed by atoms with Crippen molar-refractivity contribution in [1.29, 1.82) is 10.5 Å². The number of hydrogen-bond acceptors (Lipinski definition) is 14. The van der Waals surface area contributed by atoms with E-state index in [4.69, 9.17) is 59.8 Å². The van der Waals surface area contributed by atoms with Crippen LogP contribution in [0.4, 0.5) is 13.2 Å². The normalized spacial score (nSPS) is 11.5. The first-order chi connectivity index (χ1) is 58.0. The average molecular weight is 1530 g/mol. The molecular weight excluding hydrogens is 1470 g/mol. The summed E-state index contributed by atoms with van der Waals surface area (Å²) in [4.78, 5) is 61.9. The van der Waals surface area contributed by atoms with Crippen molar-refractivity contribution in [2.45, 2.75) is 6.18 Å². The molecule has 0 aliphatic rings. The summed E-state index contributed by atoms with van der Waals surface area (Å²) in [6, 6.07) is 112. The van der Waals surface area contributed by atoms with E-state index in [0.717, 1.165) is 78.2 Å².